The number of hydrogen-bond acceptors (Lipinski definition) is 5. The van der Waals surface area contributed by atoms with Crippen molar-refractivity contribution in [2.75, 3.05) is 31.1 Å². The van der Waals surface area contributed by atoms with Crippen LogP contribution in [0.3, 0.4) is 0 Å². The number of piperazine rings is 1. The van der Waals surface area contributed by atoms with Gasteiger partial charge in [0.1, 0.15) is 0 Å². The maximum Gasteiger partial charge on any atom is 0.255 e. The monoisotopic (exact) mass is 516 g/mol. The highest BCUT2D eigenvalue weighted by molar-refractivity contribution is 6.33. The van der Waals surface area contributed by atoms with E-state index in [9.17, 15) is 4.79 Å². The molecule has 7 nitrogen and oxygen atoms in total. The molecule has 1 saturated heterocycles. The van der Waals surface area contributed by atoms with Crippen molar-refractivity contribution in [2.24, 2.45) is 0 Å². The van der Waals surface area contributed by atoms with Gasteiger partial charge >= 0.3 is 0 Å². The molecule has 180 valence electrons. The first kappa shape index (κ1) is 22.8. The van der Waals surface area contributed by atoms with Crippen LogP contribution in [0.25, 0.3) is 27.9 Å². The van der Waals surface area contributed by atoms with Gasteiger partial charge in [0, 0.05) is 42.2 Å². The Morgan fingerprint density at radius 1 is 0.889 bits per heavy atom. The number of rotatable bonds is 3. The molecule has 0 atom stereocenters. The second-order valence-electron chi connectivity index (χ2n) is 8.88. The quantitative estimate of drug-likeness (QED) is 0.315. The number of amides is 1. The average Bonchev–Trinajstić information content (AvgIpc) is 3.33. The molecule has 3 heterocycles. The van der Waals surface area contributed by atoms with Crippen LogP contribution < -0.4 is 4.90 Å². The molecule has 0 radical (unpaired) electrons. The molecule has 0 saturated carbocycles. The Bertz CT molecular complexity index is 1620. The number of nitrogens with zero attached hydrogens (tertiary/aromatic N) is 6. The first-order chi connectivity index (χ1) is 17.5. The largest absolute Gasteiger partial charge is 0.338 e. The number of aryl methyl sites for hydroxylation is 1. The summed E-state index contributed by atoms with van der Waals surface area (Å²) in [4.78, 5) is 22.1. The summed E-state index contributed by atoms with van der Waals surface area (Å²) in [5.41, 5.74) is 4.10. The maximum atomic E-state index is 13.1. The molecule has 5 aromatic rings. The van der Waals surface area contributed by atoms with E-state index in [-0.39, 0.29) is 5.91 Å². The summed E-state index contributed by atoms with van der Waals surface area (Å²) in [6, 6.07) is 21.0. The van der Waals surface area contributed by atoms with Crippen LogP contribution in [0.5, 0.6) is 0 Å². The van der Waals surface area contributed by atoms with E-state index in [0.29, 0.717) is 41.8 Å². The molecule has 9 heteroatoms. The number of benzene rings is 3. The van der Waals surface area contributed by atoms with Crippen molar-refractivity contribution in [3.63, 3.8) is 0 Å². The van der Waals surface area contributed by atoms with Gasteiger partial charge in [0.05, 0.1) is 16.1 Å². The predicted molar refractivity (Wildman–Crippen MR) is 143 cm³/mol. The zero-order valence-electron chi connectivity index (χ0n) is 19.5. The highest BCUT2D eigenvalue weighted by Crippen LogP contribution is 2.30. The number of halogens is 2. The highest BCUT2D eigenvalue weighted by atomic mass is 35.5. The van der Waals surface area contributed by atoms with E-state index in [0.717, 1.165) is 39.4 Å². The van der Waals surface area contributed by atoms with Gasteiger partial charge in [-0.05, 0) is 43.3 Å². The van der Waals surface area contributed by atoms with Gasteiger partial charge in [0.25, 0.3) is 5.91 Å². The minimum absolute atomic E-state index is 0.0617. The van der Waals surface area contributed by atoms with Gasteiger partial charge < -0.3 is 9.80 Å². The fourth-order valence-corrected chi connectivity index (χ4v) is 5.07. The molecule has 1 fully saturated rings. The Hall–Kier alpha value is -3.68. The SMILES string of the molecule is Cc1cccc(-c2nnc3c4ccc(Cl)cc4nc(N4CCN(C(=O)c5ccccc5Cl)CC4)n23)c1. The highest BCUT2D eigenvalue weighted by Gasteiger charge is 2.27. The third-order valence-electron chi connectivity index (χ3n) is 6.51. The van der Waals surface area contributed by atoms with E-state index < -0.39 is 0 Å². The molecule has 0 spiro atoms. The van der Waals surface area contributed by atoms with Crippen molar-refractivity contribution in [2.45, 2.75) is 6.92 Å². The summed E-state index contributed by atoms with van der Waals surface area (Å²) in [5.74, 6) is 1.39. The Balaban J connectivity index is 1.41. The molecule has 0 unspecified atom stereocenters. The number of fused-ring (bicyclic) bond motifs is 3. The Morgan fingerprint density at radius 2 is 1.69 bits per heavy atom. The summed E-state index contributed by atoms with van der Waals surface area (Å²) < 4.78 is 2.01. The van der Waals surface area contributed by atoms with E-state index in [1.165, 1.54) is 0 Å². The fraction of sp³-hybridized carbons (Fsp3) is 0.185. The smallest absolute Gasteiger partial charge is 0.255 e. The summed E-state index contributed by atoms with van der Waals surface area (Å²) in [7, 11) is 0. The van der Waals surface area contributed by atoms with Gasteiger partial charge in [0.2, 0.25) is 5.95 Å². The molecule has 0 aliphatic carbocycles. The molecule has 3 aromatic carbocycles. The molecule has 1 amide bonds. The lowest BCUT2D eigenvalue weighted by molar-refractivity contribution is 0.0746. The topological polar surface area (TPSA) is 66.6 Å². The molecular formula is C27H22Cl2N6O. The predicted octanol–water partition coefficient (Wildman–Crippen LogP) is 5.52. The van der Waals surface area contributed by atoms with Crippen molar-refractivity contribution >= 4 is 51.6 Å². The van der Waals surface area contributed by atoms with E-state index in [1.54, 1.807) is 12.1 Å². The molecule has 1 aliphatic rings. The Kier molecular flexibility index (Phi) is 5.74. The van der Waals surface area contributed by atoms with Crippen LogP contribution in [-0.2, 0) is 0 Å². The summed E-state index contributed by atoms with van der Waals surface area (Å²) in [6.45, 7) is 4.36. The van der Waals surface area contributed by atoms with E-state index in [1.807, 2.05) is 51.8 Å². The van der Waals surface area contributed by atoms with E-state index in [2.05, 4.69) is 34.2 Å². The van der Waals surface area contributed by atoms with Crippen molar-refractivity contribution in [1.82, 2.24) is 24.5 Å². The summed E-state index contributed by atoms with van der Waals surface area (Å²) in [5, 5.41) is 11.1. The van der Waals surface area contributed by atoms with E-state index >= 15 is 0 Å². The van der Waals surface area contributed by atoms with Crippen LogP contribution in [0.15, 0.2) is 66.7 Å². The molecule has 6 rings (SSSR count). The second kappa shape index (κ2) is 9.08. The average molecular weight is 517 g/mol. The number of hydrogen-bond donors (Lipinski definition) is 0. The second-order valence-corrected chi connectivity index (χ2v) is 9.73. The molecule has 1 aliphatic heterocycles. The Morgan fingerprint density at radius 3 is 2.47 bits per heavy atom. The van der Waals surface area contributed by atoms with E-state index in [4.69, 9.17) is 28.2 Å². The molecule has 2 aromatic heterocycles. The first-order valence-corrected chi connectivity index (χ1v) is 12.5. The fourth-order valence-electron chi connectivity index (χ4n) is 4.69. The lowest BCUT2D eigenvalue weighted by Gasteiger charge is -2.35. The zero-order valence-corrected chi connectivity index (χ0v) is 21.0. The van der Waals surface area contributed by atoms with Crippen LogP contribution in [0.1, 0.15) is 15.9 Å². The summed E-state index contributed by atoms with van der Waals surface area (Å²) in [6.07, 6.45) is 0. The van der Waals surface area contributed by atoms with Gasteiger partial charge in [-0.3, -0.25) is 4.79 Å². The molecule has 0 N–H and O–H groups in total. The van der Waals surface area contributed by atoms with Gasteiger partial charge in [-0.25, -0.2) is 9.38 Å². The van der Waals surface area contributed by atoms with Crippen LogP contribution >= 0.6 is 23.2 Å². The van der Waals surface area contributed by atoms with Crippen LogP contribution in [0.4, 0.5) is 5.95 Å². The third-order valence-corrected chi connectivity index (χ3v) is 7.08. The maximum absolute atomic E-state index is 13.1. The van der Waals surface area contributed by atoms with Crippen LogP contribution in [0, 0.1) is 6.92 Å². The number of carbonyl (C=O) groups excluding carboxylic acids is 1. The van der Waals surface area contributed by atoms with Crippen molar-refractivity contribution in [1.29, 1.82) is 0 Å². The first-order valence-electron chi connectivity index (χ1n) is 11.7. The number of carbonyl (C=O) groups is 1. The number of aromatic nitrogens is 4. The molecule has 0 bridgehead atoms. The number of anilines is 1. The van der Waals surface area contributed by atoms with Crippen molar-refractivity contribution in [3.8, 4) is 11.4 Å². The van der Waals surface area contributed by atoms with Gasteiger partial charge in [-0.1, -0.05) is 59.1 Å². The normalized spacial score (nSPS) is 14.1. The van der Waals surface area contributed by atoms with Gasteiger partial charge in [-0.15, -0.1) is 10.2 Å². The van der Waals surface area contributed by atoms with Gasteiger partial charge in [0.15, 0.2) is 11.5 Å². The van der Waals surface area contributed by atoms with Gasteiger partial charge in [-0.2, -0.15) is 0 Å². The molecule has 36 heavy (non-hydrogen) atoms. The van der Waals surface area contributed by atoms with Crippen molar-refractivity contribution < 1.29 is 4.79 Å². The zero-order chi connectivity index (χ0) is 24.8. The lowest BCUT2D eigenvalue weighted by Crippen LogP contribution is -2.49. The Labute approximate surface area is 217 Å². The minimum atomic E-state index is -0.0617. The third kappa shape index (κ3) is 3.94. The molecular weight excluding hydrogens is 495 g/mol. The van der Waals surface area contributed by atoms with Crippen LogP contribution in [0.2, 0.25) is 10.0 Å². The minimum Gasteiger partial charge on any atom is -0.338 e. The lowest BCUT2D eigenvalue weighted by atomic mass is 10.1. The van der Waals surface area contributed by atoms with Crippen molar-refractivity contribution in [3.05, 3.63) is 87.9 Å². The standard InChI is InChI=1S/C27H22Cl2N6O/c1-17-5-4-6-18(15-17)24-31-32-25-21-10-9-19(28)16-23(21)30-27(35(24)25)34-13-11-33(12-14-34)26(36)20-7-2-3-8-22(20)29/h2-10,15-16H,11-14H2,1H3. The summed E-state index contributed by atoms with van der Waals surface area (Å²) >= 11 is 12.6. The van der Waals surface area contributed by atoms with Crippen LogP contribution in [-0.4, -0.2) is 56.6 Å².